The van der Waals surface area contributed by atoms with Gasteiger partial charge in [-0.25, -0.2) is 4.39 Å². The zero-order valence-corrected chi connectivity index (χ0v) is 14.3. The molecule has 1 aromatic heterocycles. The van der Waals surface area contributed by atoms with Crippen molar-refractivity contribution in [3.05, 3.63) is 47.0 Å². The summed E-state index contributed by atoms with van der Waals surface area (Å²) in [4.78, 5) is 4.10. The molecule has 1 saturated heterocycles. The van der Waals surface area contributed by atoms with Gasteiger partial charge in [-0.3, -0.25) is 4.90 Å². The second-order valence-corrected chi connectivity index (χ2v) is 6.53. The number of hydrogen-bond donors (Lipinski definition) is 1. The number of piperidine rings is 1. The molecule has 2 aromatic rings. The Morgan fingerprint density at radius 2 is 1.88 bits per heavy atom. The van der Waals surface area contributed by atoms with E-state index in [0.717, 1.165) is 56.0 Å². The predicted octanol–water partition coefficient (Wildman–Crippen LogP) is 2.69. The number of likely N-dealkylation sites (tertiary alicyclic amines) is 1. The average molecular weight is 332 g/mol. The fourth-order valence-corrected chi connectivity index (χ4v) is 3.32. The second kappa shape index (κ2) is 7.40. The third-order valence-electron chi connectivity index (χ3n) is 4.87. The Bertz CT molecular complexity index is 662. The van der Waals surface area contributed by atoms with Crippen LogP contribution in [0.1, 0.15) is 42.8 Å². The van der Waals surface area contributed by atoms with Gasteiger partial charge in [-0.15, -0.1) is 0 Å². The quantitative estimate of drug-likeness (QED) is 0.915. The van der Waals surface area contributed by atoms with E-state index in [0.29, 0.717) is 0 Å². The summed E-state index contributed by atoms with van der Waals surface area (Å²) in [6, 6.07) is 6.18. The van der Waals surface area contributed by atoms with Crippen molar-refractivity contribution in [1.29, 1.82) is 0 Å². The monoisotopic (exact) mass is 332 g/mol. The lowest BCUT2D eigenvalue weighted by Gasteiger charge is -2.34. The summed E-state index contributed by atoms with van der Waals surface area (Å²) in [6.45, 7) is 7.49. The Morgan fingerprint density at radius 3 is 2.46 bits per heavy atom. The van der Waals surface area contributed by atoms with Gasteiger partial charge < -0.3 is 5.11 Å². The molecule has 2 heterocycles. The van der Waals surface area contributed by atoms with Gasteiger partial charge in [-0.05, 0) is 63.4 Å². The molecule has 0 aliphatic carbocycles. The van der Waals surface area contributed by atoms with Crippen LogP contribution in [-0.2, 0) is 13.1 Å². The molecule has 1 aliphatic heterocycles. The van der Waals surface area contributed by atoms with Crippen LogP contribution in [0.25, 0.3) is 0 Å². The van der Waals surface area contributed by atoms with Gasteiger partial charge in [0, 0.05) is 6.54 Å². The number of aromatic nitrogens is 3. The Hall–Kier alpha value is -1.79. The normalized spacial score (nSPS) is 18.0. The molecule has 1 N–H and O–H groups in total. The van der Waals surface area contributed by atoms with Gasteiger partial charge >= 0.3 is 0 Å². The van der Waals surface area contributed by atoms with Crippen molar-refractivity contribution >= 4 is 0 Å². The highest BCUT2D eigenvalue weighted by atomic mass is 19.1. The maximum atomic E-state index is 13.0. The van der Waals surface area contributed by atoms with Crippen molar-refractivity contribution < 1.29 is 9.50 Å². The molecule has 0 radical (unpaired) electrons. The van der Waals surface area contributed by atoms with E-state index >= 15 is 0 Å². The van der Waals surface area contributed by atoms with E-state index in [1.165, 1.54) is 12.1 Å². The summed E-state index contributed by atoms with van der Waals surface area (Å²) >= 11 is 0. The Balaban J connectivity index is 1.55. The summed E-state index contributed by atoms with van der Waals surface area (Å²) < 4.78 is 13.0. The van der Waals surface area contributed by atoms with Gasteiger partial charge in [0.15, 0.2) is 0 Å². The standard InChI is InChI=1S/C18H25FN4O/c1-3-23-20-13(2)17(21-23)12-22-10-8-15(9-11-22)18(24)14-4-6-16(19)7-5-14/h4-7,15,18,24H,3,8-12H2,1-2H3. The molecule has 1 aliphatic rings. The summed E-state index contributed by atoms with van der Waals surface area (Å²) in [7, 11) is 0. The van der Waals surface area contributed by atoms with Crippen LogP contribution in [0, 0.1) is 18.7 Å². The number of halogens is 1. The third kappa shape index (κ3) is 3.82. The maximum absolute atomic E-state index is 13.0. The zero-order valence-electron chi connectivity index (χ0n) is 14.3. The highest BCUT2D eigenvalue weighted by Gasteiger charge is 2.27. The average Bonchev–Trinajstić information content (AvgIpc) is 2.95. The molecule has 1 aromatic carbocycles. The number of aryl methyl sites for hydroxylation is 2. The Kier molecular flexibility index (Phi) is 5.26. The molecule has 0 saturated carbocycles. The maximum Gasteiger partial charge on any atom is 0.123 e. The first-order valence-corrected chi connectivity index (χ1v) is 8.63. The van der Waals surface area contributed by atoms with Crippen molar-refractivity contribution in [2.24, 2.45) is 5.92 Å². The van der Waals surface area contributed by atoms with E-state index < -0.39 is 6.10 Å². The second-order valence-electron chi connectivity index (χ2n) is 6.53. The first-order chi connectivity index (χ1) is 11.6. The first kappa shape index (κ1) is 17.0. The van der Waals surface area contributed by atoms with Crippen LogP contribution in [0.4, 0.5) is 4.39 Å². The molecule has 1 unspecified atom stereocenters. The molecule has 1 fully saturated rings. The van der Waals surface area contributed by atoms with Crippen LogP contribution >= 0.6 is 0 Å². The molecule has 5 nitrogen and oxygen atoms in total. The van der Waals surface area contributed by atoms with Gasteiger partial charge in [0.05, 0.1) is 24.0 Å². The van der Waals surface area contributed by atoms with Crippen LogP contribution in [0.5, 0.6) is 0 Å². The van der Waals surface area contributed by atoms with Crippen molar-refractivity contribution in [1.82, 2.24) is 19.9 Å². The molecule has 0 amide bonds. The van der Waals surface area contributed by atoms with E-state index in [4.69, 9.17) is 0 Å². The third-order valence-corrected chi connectivity index (χ3v) is 4.87. The fourth-order valence-electron chi connectivity index (χ4n) is 3.32. The molecule has 24 heavy (non-hydrogen) atoms. The number of rotatable bonds is 5. The highest BCUT2D eigenvalue weighted by molar-refractivity contribution is 5.19. The van der Waals surface area contributed by atoms with E-state index in [1.54, 1.807) is 16.9 Å². The number of aliphatic hydroxyl groups is 1. The molecule has 130 valence electrons. The van der Waals surface area contributed by atoms with E-state index in [2.05, 4.69) is 15.1 Å². The van der Waals surface area contributed by atoms with E-state index in [1.807, 2.05) is 13.8 Å². The predicted molar refractivity (Wildman–Crippen MR) is 89.8 cm³/mol. The topological polar surface area (TPSA) is 54.2 Å². The molecule has 3 rings (SSSR count). The van der Waals surface area contributed by atoms with E-state index in [-0.39, 0.29) is 11.7 Å². The van der Waals surface area contributed by atoms with Gasteiger partial charge in [-0.1, -0.05) is 12.1 Å². The molecule has 1 atom stereocenters. The van der Waals surface area contributed by atoms with Crippen molar-refractivity contribution in [2.75, 3.05) is 13.1 Å². The van der Waals surface area contributed by atoms with Crippen LogP contribution in [-0.4, -0.2) is 38.1 Å². The molecule has 6 heteroatoms. The SMILES string of the molecule is CCn1nc(C)c(CN2CCC(C(O)c3ccc(F)cc3)CC2)n1. The Labute approximate surface area is 142 Å². The van der Waals surface area contributed by atoms with Crippen LogP contribution < -0.4 is 0 Å². The first-order valence-electron chi connectivity index (χ1n) is 8.63. The van der Waals surface area contributed by atoms with Crippen molar-refractivity contribution in [3.8, 4) is 0 Å². The van der Waals surface area contributed by atoms with E-state index in [9.17, 15) is 9.50 Å². The van der Waals surface area contributed by atoms with Gasteiger partial charge in [0.1, 0.15) is 5.82 Å². The number of aliphatic hydroxyl groups excluding tert-OH is 1. The summed E-state index contributed by atoms with van der Waals surface area (Å²) in [6.07, 6.45) is 1.34. The summed E-state index contributed by atoms with van der Waals surface area (Å²) in [5, 5.41) is 19.4. The number of hydrogen-bond acceptors (Lipinski definition) is 4. The molecule has 0 spiro atoms. The minimum absolute atomic E-state index is 0.221. The van der Waals surface area contributed by atoms with Gasteiger partial charge in [0.2, 0.25) is 0 Å². The van der Waals surface area contributed by atoms with Gasteiger partial charge in [-0.2, -0.15) is 15.0 Å². The summed E-state index contributed by atoms with van der Waals surface area (Å²) in [5.41, 5.74) is 2.83. The lowest BCUT2D eigenvalue weighted by molar-refractivity contribution is 0.0563. The fraction of sp³-hybridized carbons (Fsp3) is 0.556. The number of nitrogens with zero attached hydrogens (tertiary/aromatic N) is 4. The minimum Gasteiger partial charge on any atom is -0.388 e. The zero-order chi connectivity index (χ0) is 17.1. The van der Waals surface area contributed by atoms with Crippen LogP contribution in [0.3, 0.4) is 0 Å². The highest BCUT2D eigenvalue weighted by Crippen LogP contribution is 2.31. The molecular formula is C18H25FN4O. The lowest BCUT2D eigenvalue weighted by atomic mass is 9.87. The van der Waals surface area contributed by atoms with Gasteiger partial charge in [0.25, 0.3) is 0 Å². The van der Waals surface area contributed by atoms with Crippen LogP contribution in [0.15, 0.2) is 24.3 Å². The number of benzene rings is 1. The molecule has 0 bridgehead atoms. The largest absolute Gasteiger partial charge is 0.388 e. The smallest absolute Gasteiger partial charge is 0.123 e. The van der Waals surface area contributed by atoms with Crippen LogP contribution in [0.2, 0.25) is 0 Å². The van der Waals surface area contributed by atoms with Crippen molar-refractivity contribution in [3.63, 3.8) is 0 Å². The molecular weight excluding hydrogens is 307 g/mol. The summed E-state index contributed by atoms with van der Waals surface area (Å²) in [5.74, 6) is -0.0459. The lowest BCUT2D eigenvalue weighted by Crippen LogP contribution is -2.35. The Morgan fingerprint density at radius 1 is 1.21 bits per heavy atom. The minimum atomic E-state index is -0.518. The van der Waals surface area contributed by atoms with Crippen molar-refractivity contribution in [2.45, 2.75) is 45.9 Å².